The summed E-state index contributed by atoms with van der Waals surface area (Å²) in [6, 6.07) is 1.81. The van der Waals surface area contributed by atoms with Gasteiger partial charge in [-0.25, -0.2) is 9.97 Å². The van der Waals surface area contributed by atoms with E-state index >= 15 is 0 Å². The van der Waals surface area contributed by atoms with Crippen molar-refractivity contribution in [2.24, 2.45) is 5.92 Å². The van der Waals surface area contributed by atoms with E-state index in [4.69, 9.17) is 4.74 Å². The molecule has 0 unspecified atom stereocenters. The molecule has 1 amide bonds. The Bertz CT molecular complexity index is 630. The number of nitrogens with one attached hydrogen (secondary N) is 1. The summed E-state index contributed by atoms with van der Waals surface area (Å²) >= 11 is 0. The number of anilines is 1. The molecule has 2 saturated heterocycles. The van der Waals surface area contributed by atoms with Crippen LogP contribution in [-0.4, -0.2) is 52.6 Å². The average molecular weight is 342 g/mol. The third kappa shape index (κ3) is 3.68. The van der Waals surface area contributed by atoms with E-state index in [0.29, 0.717) is 11.9 Å². The summed E-state index contributed by atoms with van der Waals surface area (Å²) in [5.74, 6) is 1.38. The summed E-state index contributed by atoms with van der Waals surface area (Å²) in [5, 5.41) is 3.27. The second-order valence-electron chi connectivity index (χ2n) is 7.49. The summed E-state index contributed by atoms with van der Waals surface area (Å²) in [5.41, 5.74) is 0.923. The summed E-state index contributed by atoms with van der Waals surface area (Å²) in [4.78, 5) is 22.8. The molecule has 2 aliphatic heterocycles. The Morgan fingerprint density at radius 3 is 2.84 bits per heavy atom. The molecule has 25 heavy (non-hydrogen) atoms. The Balaban J connectivity index is 1.22. The Hall–Kier alpha value is -1.95. The molecule has 4 rings (SSSR count). The zero-order chi connectivity index (χ0) is 17.1. The van der Waals surface area contributed by atoms with Gasteiger partial charge in [-0.15, -0.1) is 0 Å². The van der Waals surface area contributed by atoms with Crippen LogP contribution in [-0.2, 0) is 9.53 Å². The van der Waals surface area contributed by atoms with Crippen LogP contribution in [0, 0.1) is 5.92 Å². The van der Waals surface area contributed by atoms with E-state index in [9.17, 15) is 4.79 Å². The molecular weight excluding hydrogens is 316 g/mol. The topological polar surface area (TPSA) is 67.4 Å². The van der Waals surface area contributed by atoms with E-state index in [-0.39, 0.29) is 11.5 Å². The van der Waals surface area contributed by atoms with Crippen molar-refractivity contribution in [3.8, 4) is 0 Å². The number of ether oxygens (including phenoxy) is 1. The van der Waals surface area contributed by atoms with Gasteiger partial charge in [-0.05, 0) is 50.5 Å². The molecule has 1 N–H and O–H groups in total. The minimum Gasteiger partial charge on any atom is -0.371 e. The number of hydrogen-bond donors (Lipinski definition) is 1. The van der Waals surface area contributed by atoms with Crippen LogP contribution in [0.3, 0.4) is 0 Å². The Morgan fingerprint density at radius 2 is 2.16 bits per heavy atom. The molecule has 1 aromatic heterocycles. The van der Waals surface area contributed by atoms with Crippen molar-refractivity contribution >= 4 is 11.9 Å². The lowest BCUT2D eigenvalue weighted by Gasteiger charge is -2.53. The van der Waals surface area contributed by atoms with Gasteiger partial charge in [0.2, 0.25) is 11.9 Å². The molecule has 1 aromatic rings. The quantitative estimate of drug-likeness (QED) is 0.910. The number of carbonyl (C=O) groups excluding carboxylic acids is 1. The fraction of sp³-hybridized carbons (Fsp3) is 0.632. The molecule has 0 bridgehead atoms. The van der Waals surface area contributed by atoms with Gasteiger partial charge in [0.15, 0.2) is 0 Å². The van der Waals surface area contributed by atoms with Gasteiger partial charge in [0.25, 0.3) is 0 Å². The highest BCUT2D eigenvalue weighted by atomic mass is 16.5. The van der Waals surface area contributed by atoms with Crippen molar-refractivity contribution in [2.75, 3.05) is 31.6 Å². The van der Waals surface area contributed by atoms with E-state index in [1.165, 1.54) is 6.42 Å². The van der Waals surface area contributed by atoms with Gasteiger partial charge in [-0.2, -0.15) is 0 Å². The molecule has 134 valence electrons. The molecular formula is C19H26N4O2. The van der Waals surface area contributed by atoms with Gasteiger partial charge in [0.05, 0.1) is 19.7 Å². The minimum atomic E-state index is -0.0926. The predicted octanol–water partition coefficient (Wildman–Crippen LogP) is 2.40. The minimum absolute atomic E-state index is 0.0926. The Morgan fingerprint density at radius 1 is 1.32 bits per heavy atom. The zero-order valence-electron chi connectivity index (χ0n) is 14.6. The molecule has 6 heteroatoms. The first-order valence-corrected chi connectivity index (χ1v) is 9.37. The molecule has 0 radical (unpaired) electrons. The van der Waals surface area contributed by atoms with Crippen molar-refractivity contribution in [3.05, 3.63) is 30.1 Å². The maximum atomic E-state index is 12.5. The van der Waals surface area contributed by atoms with E-state index in [2.05, 4.69) is 21.4 Å². The lowest BCUT2D eigenvalue weighted by atomic mass is 9.82. The largest absolute Gasteiger partial charge is 0.371 e. The molecule has 3 heterocycles. The number of nitrogens with zero attached hydrogens (tertiary/aromatic N) is 3. The highest BCUT2D eigenvalue weighted by Crippen LogP contribution is 2.37. The second kappa shape index (κ2) is 7.12. The first-order valence-electron chi connectivity index (χ1n) is 9.37. The van der Waals surface area contributed by atoms with Gasteiger partial charge >= 0.3 is 0 Å². The molecule has 0 aromatic carbocycles. The third-order valence-corrected chi connectivity index (χ3v) is 5.56. The lowest BCUT2D eigenvalue weighted by Crippen LogP contribution is -2.66. The van der Waals surface area contributed by atoms with E-state index in [1.807, 2.05) is 11.0 Å². The average Bonchev–Trinajstić information content (AvgIpc) is 2.66. The fourth-order valence-corrected chi connectivity index (χ4v) is 3.98. The second-order valence-corrected chi connectivity index (χ2v) is 7.49. The molecule has 2 fully saturated rings. The standard InChI is InChI=1S/C19H26N4O2/c24-17(16-5-2-1-3-6-16)23-13-19(14-23)8-7-15(12-25-19)11-22-18-20-9-4-10-21-18/h4-5,9-10,15H,1-3,6-8,11-14H2,(H,20,21,22)/t15-/m1/s1. The third-order valence-electron chi connectivity index (χ3n) is 5.56. The summed E-state index contributed by atoms with van der Waals surface area (Å²) < 4.78 is 6.18. The number of amides is 1. The van der Waals surface area contributed by atoms with E-state index < -0.39 is 0 Å². The highest BCUT2D eigenvalue weighted by molar-refractivity contribution is 5.94. The van der Waals surface area contributed by atoms with Crippen molar-refractivity contribution in [1.29, 1.82) is 0 Å². The van der Waals surface area contributed by atoms with Crippen LogP contribution in [0.1, 0.15) is 38.5 Å². The number of carbonyl (C=O) groups is 1. The summed E-state index contributed by atoms with van der Waals surface area (Å²) in [6.07, 6.45) is 12.1. The number of aromatic nitrogens is 2. The van der Waals surface area contributed by atoms with E-state index in [0.717, 1.165) is 63.9 Å². The van der Waals surface area contributed by atoms with Crippen molar-refractivity contribution in [3.63, 3.8) is 0 Å². The Kier molecular flexibility index (Phi) is 4.70. The van der Waals surface area contributed by atoms with Crippen LogP contribution in [0.5, 0.6) is 0 Å². The monoisotopic (exact) mass is 342 g/mol. The first-order chi connectivity index (χ1) is 12.2. The number of likely N-dealkylation sites (tertiary alicyclic amines) is 1. The summed E-state index contributed by atoms with van der Waals surface area (Å²) in [6.45, 7) is 3.08. The van der Waals surface area contributed by atoms with Crippen LogP contribution in [0.15, 0.2) is 30.1 Å². The maximum absolute atomic E-state index is 12.5. The molecule has 1 aliphatic carbocycles. The number of allylic oxidation sites excluding steroid dienone is 1. The van der Waals surface area contributed by atoms with Crippen LogP contribution in [0.2, 0.25) is 0 Å². The highest BCUT2D eigenvalue weighted by Gasteiger charge is 2.48. The Labute approximate surface area is 148 Å². The number of hydrogen-bond acceptors (Lipinski definition) is 5. The van der Waals surface area contributed by atoms with Crippen LogP contribution >= 0.6 is 0 Å². The van der Waals surface area contributed by atoms with Gasteiger partial charge in [0, 0.05) is 24.5 Å². The van der Waals surface area contributed by atoms with Crippen molar-refractivity contribution < 1.29 is 9.53 Å². The molecule has 0 saturated carbocycles. The van der Waals surface area contributed by atoms with Crippen molar-refractivity contribution in [2.45, 2.75) is 44.1 Å². The molecule has 6 nitrogen and oxygen atoms in total. The zero-order valence-corrected chi connectivity index (χ0v) is 14.6. The van der Waals surface area contributed by atoms with Gasteiger partial charge in [0.1, 0.15) is 5.60 Å². The van der Waals surface area contributed by atoms with Gasteiger partial charge < -0.3 is 15.0 Å². The van der Waals surface area contributed by atoms with Crippen LogP contribution in [0.25, 0.3) is 0 Å². The van der Waals surface area contributed by atoms with Crippen molar-refractivity contribution in [1.82, 2.24) is 14.9 Å². The molecule has 3 aliphatic rings. The van der Waals surface area contributed by atoms with Crippen LogP contribution < -0.4 is 5.32 Å². The SMILES string of the molecule is O=C(C1=CCCCC1)N1CC2(CC[C@H](CNc3ncccn3)CO2)C1. The maximum Gasteiger partial charge on any atom is 0.249 e. The van der Waals surface area contributed by atoms with Gasteiger partial charge in [-0.1, -0.05) is 6.08 Å². The van der Waals surface area contributed by atoms with E-state index in [1.54, 1.807) is 12.4 Å². The molecule has 1 atom stereocenters. The predicted molar refractivity (Wildman–Crippen MR) is 95.1 cm³/mol. The van der Waals surface area contributed by atoms with Crippen LogP contribution in [0.4, 0.5) is 5.95 Å². The molecule has 1 spiro atoms. The number of rotatable bonds is 4. The normalized spacial score (nSPS) is 25.2. The first kappa shape index (κ1) is 16.5. The smallest absolute Gasteiger partial charge is 0.249 e. The fourth-order valence-electron chi connectivity index (χ4n) is 3.98. The lowest BCUT2D eigenvalue weighted by molar-refractivity contribution is -0.185. The summed E-state index contributed by atoms with van der Waals surface area (Å²) in [7, 11) is 0. The van der Waals surface area contributed by atoms with Gasteiger partial charge in [-0.3, -0.25) is 4.79 Å².